The molecule has 0 amide bonds. The summed E-state index contributed by atoms with van der Waals surface area (Å²) in [5, 5.41) is 6.57. The SMILES string of the molecule is CCCCCNC(=NCc1ccc(S(=O)(=O)N2CCCCC2)s1)NCC.I. The molecule has 0 bridgehead atoms. The van der Waals surface area contributed by atoms with Crippen molar-refractivity contribution in [1.82, 2.24) is 14.9 Å². The molecule has 0 radical (unpaired) electrons. The second-order valence-electron chi connectivity index (χ2n) is 6.51. The molecule has 6 nitrogen and oxygen atoms in total. The Balaban J connectivity index is 0.00000364. The van der Waals surface area contributed by atoms with Crippen LogP contribution in [0.25, 0.3) is 0 Å². The van der Waals surface area contributed by atoms with Gasteiger partial charge in [-0.1, -0.05) is 26.2 Å². The first kappa shape index (κ1) is 24.6. The van der Waals surface area contributed by atoms with Crippen molar-refractivity contribution in [2.24, 2.45) is 4.99 Å². The molecule has 1 aliphatic heterocycles. The standard InChI is InChI=1S/C18H32N4O2S2.HI/c1-3-5-7-12-20-18(19-4-2)21-15-16-10-11-17(25-16)26(23,24)22-13-8-6-9-14-22;/h10-11H,3-9,12-15H2,1-2H3,(H2,19,20,21);1H. The molecule has 1 fully saturated rings. The lowest BCUT2D eigenvalue weighted by atomic mass is 10.2. The average Bonchev–Trinajstić information content (AvgIpc) is 3.14. The molecule has 0 saturated carbocycles. The number of aliphatic imine (C=N–C) groups is 1. The van der Waals surface area contributed by atoms with Crippen LogP contribution in [0.4, 0.5) is 0 Å². The lowest BCUT2D eigenvalue weighted by molar-refractivity contribution is 0.347. The van der Waals surface area contributed by atoms with E-state index in [-0.39, 0.29) is 24.0 Å². The van der Waals surface area contributed by atoms with Crippen LogP contribution in [0, 0.1) is 0 Å². The highest BCUT2D eigenvalue weighted by Crippen LogP contribution is 2.27. The first-order chi connectivity index (χ1) is 12.6. The molecule has 1 aromatic rings. The van der Waals surface area contributed by atoms with E-state index in [0.29, 0.717) is 23.8 Å². The summed E-state index contributed by atoms with van der Waals surface area (Å²) in [6.07, 6.45) is 6.55. The van der Waals surface area contributed by atoms with E-state index in [1.54, 1.807) is 10.4 Å². The molecule has 9 heteroatoms. The van der Waals surface area contributed by atoms with E-state index in [4.69, 9.17) is 0 Å². The number of guanidine groups is 1. The summed E-state index contributed by atoms with van der Waals surface area (Å²) in [6, 6.07) is 3.60. The summed E-state index contributed by atoms with van der Waals surface area (Å²) in [7, 11) is -3.34. The highest BCUT2D eigenvalue weighted by atomic mass is 127. The van der Waals surface area contributed by atoms with Gasteiger partial charge in [-0.3, -0.25) is 0 Å². The summed E-state index contributed by atoms with van der Waals surface area (Å²) in [6.45, 7) is 7.70. The van der Waals surface area contributed by atoms with E-state index in [1.165, 1.54) is 24.2 Å². The molecule has 2 rings (SSSR count). The van der Waals surface area contributed by atoms with E-state index in [1.807, 2.05) is 13.0 Å². The Morgan fingerprint density at radius 1 is 1.15 bits per heavy atom. The van der Waals surface area contributed by atoms with Gasteiger partial charge >= 0.3 is 0 Å². The van der Waals surface area contributed by atoms with Crippen LogP contribution in [-0.2, 0) is 16.6 Å². The highest BCUT2D eigenvalue weighted by molar-refractivity contribution is 14.0. The van der Waals surface area contributed by atoms with Crippen LogP contribution in [0.3, 0.4) is 0 Å². The van der Waals surface area contributed by atoms with Gasteiger partial charge in [0, 0.05) is 31.1 Å². The molecule has 2 heterocycles. The maximum absolute atomic E-state index is 12.7. The van der Waals surface area contributed by atoms with Gasteiger partial charge in [-0.25, -0.2) is 13.4 Å². The molecule has 1 aliphatic rings. The summed E-state index contributed by atoms with van der Waals surface area (Å²) in [4.78, 5) is 5.55. The Morgan fingerprint density at radius 2 is 1.89 bits per heavy atom. The zero-order valence-electron chi connectivity index (χ0n) is 16.4. The number of hydrogen-bond donors (Lipinski definition) is 2. The number of rotatable bonds is 9. The fourth-order valence-electron chi connectivity index (χ4n) is 2.89. The van der Waals surface area contributed by atoms with Crippen LogP contribution in [0.1, 0.15) is 57.2 Å². The first-order valence-electron chi connectivity index (χ1n) is 9.69. The Morgan fingerprint density at radius 3 is 2.56 bits per heavy atom. The van der Waals surface area contributed by atoms with Crippen LogP contribution in [0.15, 0.2) is 21.3 Å². The molecule has 0 spiro atoms. The lowest BCUT2D eigenvalue weighted by Crippen LogP contribution is -2.37. The molecule has 1 saturated heterocycles. The summed E-state index contributed by atoms with van der Waals surface area (Å²) >= 11 is 1.33. The van der Waals surface area contributed by atoms with Crippen molar-refractivity contribution in [3.05, 3.63) is 17.0 Å². The molecular formula is C18H33IN4O2S2. The molecule has 27 heavy (non-hydrogen) atoms. The van der Waals surface area contributed by atoms with Gasteiger partial charge in [0.1, 0.15) is 4.21 Å². The number of nitrogens with one attached hydrogen (secondary N) is 2. The third kappa shape index (κ3) is 7.86. The topological polar surface area (TPSA) is 73.8 Å². The Bertz CT molecular complexity index is 671. The van der Waals surface area contributed by atoms with E-state index in [0.717, 1.165) is 49.6 Å². The number of hydrogen-bond acceptors (Lipinski definition) is 4. The van der Waals surface area contributed by atoms with Crippen molar-refractivity contribution in [2.45, 2.75) is 63.1 Å². The van der Waals surface area contributed by atoms with Crippen molar-refractivity contribution in [1.29, 1.82) is 0 Å². The molecule has 156 valence electrons. The van der Waals surface area contributed by atoms with Gasteiger partial charge in [-0.05, 0) is 38.3 Å². The summed E-state index contributed by atoms with van der Waals surface area (Å²) in [5.41, 5.74) is 0. The number of unbranched alkanes of at least 4 members (excludes halogenated alkanes) is 2. The van der Waals surface area contributed by atoms with Crippen LogP contribution < -0.4 is 10.6 Å². The fourth-order valence-corrected chi connectivity index (χ4v) is 5.85. The Labute approximate surface area is 185 Å². The number of sulfonamides is 1. The minimum absolute atomic E-state index is 0. The minimum atomic E-state index is -3.34. The highest BCUT2D eigenvalue weighted by Gasteiger charge is 2.27. The van der Waals surface area contributed by atoms with Gasteiger partial charge in [0.05, 0.1) is 6.54 Å². The summed E-state index contributed by atoms with van der Waals surface area (Å²) < 4.78 is 27.5. The molecule has 0 atom stereocenters. The maximum Gasteiger partial charge on any atom is 0.252 e. The molecule has 1 aromatic heterocycles. The minimum Gasteiger partial charge on any atom is -0.357 e. The number of nitrogens with zero attached hydrogens (tertiary/aromatic N) is 2. The smallest absolute Gasteiger partial charge is 0.252 e. The summed E-state index contributed by atoms with van der Waals surface area (Å²) in [5.74, 6) is 0.789. The average molecular weight is 529 g/mol. The van der Waals surface area contributed by atoms with Crippen molar-refractivity contribution in [3.63, 3.8) is 0 Å². The third-order valence-electron chi connectivity index (χ3n) is 4.36. The zero-order chi connectivity index (χ0) is 18.8. The van der Waals surface area contributed by atoms with E-state index >= 15 is 0 Å². The zero-order valence-corrected chi connectivity index (χ0v) is 20.3. The predicted molar refractivity (Wildman–Crippen MR) is 125 cm³/mol. The number of thiophene rings is 1. The predicted octanol–water partition coefficient (Wildman–Crippen LogP) is 3.79. The first-order valence-corrected chi connectivity index (χ1v) is 11.9. The molecule has 0 unspecified atom stereocenters. The Hall–Kier alpha value is -0.390. The van der Waals surface area contributed by atoms with E-state index in [9.17, 15) is 8.42 Å². The normalized spacial score (nSPS) is 16.0. The Kier molecular flexibility index (Phi) is 11.8. The van der Waals surface area contributed by atoms with Gasteiger partial charge in [0.15, 0.2) is 5.96 Å². The second kappa shape index (κ2) is 12.9. The van der Waals surface area contributed by atoms with Gasteiger partial charge in [0.2, 0.25) is 0 Å². The van der Waals surface area contributed by atoms with E-state index < -0.39 is 10.0 Å². The number of piperidine rings is 1. The van der Waals surface area contributed by atoms with Gasteiger partial charge in [-0.2, -0.15) is 4.31 Å². The van der Waals surface area contributed by atoms with Crippen molar-refractivity contribution in [3.8, 4) is 0 Å². The molecular weight excluding hydrogens is 495 g/mol. The molecule has 0 aliphatic carbocycles. The number of halogens is 1. The molecule has 0 aromatic carbocycles. The van der Waals surface area contributed by atoms with Crippen molar-refractivity contribution >= 4 is 51.3 Å². The quantitative estimate of drug-likeness (QED) is 0.222. The van der Waals surface area contributed by atoms with Gasteiger partial charge in [-0.15, -0.1) is 35.3 Å². The monoisotopic (exact) mass is 528 g/mol. The third-order valence-corrected chi connectivity index (χ3v) is 7.79. The van der Waals surface area contributed by atoms with E-state index in [2.05, 4.69) is 22.5 Å². The van der Waals surface area contributed by atoms with Gasteiger partial charge < -0.3 is 10.6 Å². The van der Waals surface area contributed by atoms with Crippen LogP contribution >= 0.6 is 35.3 Å². The van der Waals surface area contributed by atoms with Gasteiger partial charge in [0.25, 0.3) is 10.0 Å². The van der Waals surface area contributed by atoms with Crippen molar-refractivity contribution < 1.29 is 8.42 Å². The largest absolute Gasteiger partial charge is 0.357 e. The molecule has 2 N–H and O–H groups in total. The van der Waals surface area contributed by atoms with Crippen LogP contribution in [0.5, 0.6) is 0 Å². The second-order valence-corrected chi connectivity index (χ2v) is 9.85. The van der Waals surface area contributed by atoms with Crippen LogP contribution in [-0.4, -0.2) is 44.9 Å². The van der Waals surface area contributed by atoms with Crippen molar-refractivity contribution in [2.75, 3.05) is 26.2 Å². The fraction of sp³-hybridized carbons (Fsp3) is 0.722. The van der Waals surface area contributed by atoms with Crippen LogP contribution in [0.2, 0.25) is 0 Å². The lowest BCUT2D eigenvalue weighted by Gasteiger charge is -2.25. The maximum atomic E-state index is 12.7.